The van der Waals surface area contributed by atoms with Crippen molar-refractivity contribution in [2.45, 2.75) is 38.6 Å². The number of nitrogens with zero attached hydrogens (tertiary/aromatic N) is 4. The summed E-state index contributed by atoms with van der Waals surface area (Å²) in [5.41, 5.74) is 0.654. The molecule has 2 aliphatic carbocycles. The molecule has 4 rings (SSSR count). The van der Waals surface area contributed by atoms with Crippen LogP contribution in [0.1, 0.15) is 32.6 Å². The van der Waals surface area contributed by atoms with Crippen molar-refractivity contribution < 1.29 is 0 Å². The number of nitrogens with one attached hydrogen (secondary N) is 2. The van der Waals surface area contributed by atoms with Crippen LogP contribution in [0, 0.1) is 11.8 Å². The normalized spacial score (nSPS) is 18.2. The van der Waals surface area contributed by atoms with Crippen LogP contribution >= 0.6 is 11.6 Å². The fourth-order valence-electron chi connectivity index (χ4n) is 2.64. The molecule has 0 spiro atoms. The predicted octanol–water partition coefficient (Wildman–Crippen LogP) is 3.62. The minimum Gasteiger partial charge on any atom is -0.354 e. The number of hydrogen-bond acceptors (Lipinski definition) is 6. The molecule has 24 heavy (non-hydrogen) atoms. The van der Waals surface area contributed by atoms with Crippen LogP contribution in [-0.4, -0.2) is 32.5 Å². The van der Waals surface area contributed by atoms with Crippen LogP contribution < -0.4 is 10.6 Å². The molecule has 2 N–H and O–H groups in total. The lowest BCUT2D eigenvalue weighted by Gasteiger charge is -2.14. The second-order valence-corrected chi connectivity index (χ2v) is 7.13. The van der Waals surface area contributed by atoms with Gasteiger partial charge in [0.25, 0.3) is 0 Å². The van der Waals surface area contributed by atoms with Crippen LogP contribution in [0.3, 0.4) is 0 Å². The first-order valence-corrected chi connectivity index (χ1v) is 8.94. The van der Waals surface area contributed by atoms with Crippen molar-refractivity contribution in [2.24, 2.45) is 11.8 Å². The van der Waals surface area contributed by atoms with E-state index in [4.69, 9.17) is 11.6 Å². The molecule has 2 fully saturated rings. The minimum atomic E-state index is 0.365. The molecular weight excluding hydrogens is 324 g/mol. The first-order chi connectivity index (χ1) is 11.7. The fraction of sp³-hybridized carbons (Fsp3) is 0.529. The van der Waals surface area contributed by atoms with Crippen LogP contribution in [-0.2, 0) is 0 Å². The van der Waals surface area contributed by atoms with E-state index in [0.717, 1.165) is 18.4 Å². The third-order valence-electron chi connectivity index (χ3n) is 4.51. The zero-order valence-electron chi connectivity index (χ0n) is 13.7. The van der Waals surface area contributed by atoms with E-state index in [2.05, 4.69) is 37.5 Å². The highest BCUT2D eigenvalue weighted by atomic mass is 35.5. The molecule has 2 saturated carbocycles. The molecular formula is C17H21ClN6. The molecule has 0 radical (unpaired) electrons. The largest absolute Gasteiger partial charge is 0.354 e. The molecule has 126 valence electrons. The van der Waals surface area contributed by atoms with Gasteiger partial charge in [-0.2, -0.15) is 15.0 Å². The highest BCUT2D eigenvalue weighted by Crippen LogP contribution is 2.34. The highest BCUT2D eigenvalue weighted by Gasteiger charge is 2.28. The molecule has 0 aliphatic heterocycles. The molecule has 0 bridgehead atoms. The molecule has 1 atom stereocenters. The molecule has 2 aromatic heterocycles. The Hall–Kier alpha value is -1.95. The number of aromatic nitrogens is 4. The third kappa shape index (κ3) is 3.93. The zero-order valence-corrected chi connectivity index (χ0v) is 14.4. The van der Waals surface area contributed by atoms with Gasteiger partial charge in [-0.15, -0.1) is 0 Å². The Kier molecular flexibility index (Phi) is 4.22. The predicted molar refractivity (Wildman–Crippen MR) is 95.1 cm³/mol. The van der Waals surface area contributed by atoms with Gasteiger partial charge in [0, 0.05) is 12.6 Å². The maximum atomic E-state index is 6.01. The first-order valence-electron chi connectivity index (χ1n) is 8.57. The van der Waals surface area contributed by atoms with Crippen molar-refractivity contribution in [3.63, 3.8) is 0 Å². The molecule has 6 nitrogen and oxygen atoms in total. The van der Waals surface area contributed by atoms with Gasteiger partial charge in [0.1, 0.15) is 10.8 Å². The van der Waals surface area contributed by atoms with Gasteiger partial charge in [-0.3, -0.25) is 0 Å². The van der Waals surface area contributed by atoms with Crippen molar-refractivity contribution in [3.05, 3.63) is 23.4 Å². The maximum Gasteiger partial charge on any atom is 0.228 e. The van der Waals surface area contributed by atoms with Gasteiger partial charge in [0.15, 0.2) is 5.82 Å². The summed E-state index contributed by atoms with van der Waals surface area (Å²) in [5.74, 6) is 3.20. The van der Waals surface area contributed by atoms with Crippen molar-refractivity contribution in [1.29, 1.82) is 0 Å². The zero-order chi connectivity index (χ0) is 16.5. The number of anilines is 2. The molecule has 7 heteroatoms. The van der Waals surface area contributed by atoms with Gasteiger partial charge in [-0.1, -0.05) is 17.7 Å². The van der Waals surface area contributed by atoms with Crippen molar-refractivity contribution in [1.82, 2.24) is 19.9 Å². The van der Waals surface area contributed by atoms with Gasteiger partial charge < -0.3 is 10.6 Å². The first kappa shape index (κ1) is 15.6. The van der Waals surface area contributed by atoms with E-state index >= 15 is 0 Å². The average molecular weight is 345 g/mol. The lowest BCUT2D eigenvalue weighted by Crippen LogP contribution is -2.20. The summed E-state index contributed by atoms with van der Waals surface area (Å²) in [6, 6.07) is 5.82. The monoisotopic (exact) mass is 344 g/mol. The lowest BCUT2D eigenvalue weighted by molar-refractivity contribution is 0.685. The molecule has 2 aromatic rings. The Bertz CT molecular complexity index is 729. The molecule has 0 aromatic carbocycles. The molecule has 0 amide bonds. The Morgan fingerprint density at radius 2 is 1.88 bits per heavy atom. The van der Waals surface area contributed by atoms with Crippen molar-refractivity contribution in [2.75, 3.05) is 17.2 Å². The number of halogens is 1. The average Bonchev–Trinajstić information content (AvgIpc) is 3.47. The molecule has 1 unspecified atom stereocenters. The van der Waals surface area contributed by atoms with Gasteiger partial charge in [0.05, 0.1) is 0 Å². The number of pyridine rings is 1. The fourth-order valence-corrected chi connectivity index (χ4v) is 2.81. The Morgan fingerprint density at radius 3 is 2.58 bits per heavy atom. The van der Waals surface area contributed by atoms with E-state index in [1.54, 1.807) is 6.07 Å². The summed E-state index contributed by atoms with van der Waals surface area (Å²) in [5, 5.41) is 7.17. The Balaban J connectivity index is 1.61. The Labute approximate surface area is 146 Å². The topological polar surface area (TPSA) is 75.6 Å². The van der Waals surface area contributed by atoms with Gasteiger partial charge in [-0.05, 0) is 56.6 Å². The van der Waals surface area contributed by atoms with Gasteiger partial charge in [0.2, 0.25) is 11.9 Å². The lowest BCUT2D eigenvalue weighted by atomic mass is 10.2. The second kappa shape index (κ2) is 6.51. The van der Waals surface area contributed by atoms with Gasteiger partial charge in [-0.25, -0.2) is 4.98 Å². The Morgan fingerprint density at radius 1 is 1.08 bits per heavy atom. The molecule has 2 aliphatic rings. The molecule has 0 saturated heterocycles. The van der Waals surface area contributed by atoms with E-state index in [1.807, 2.05) is 12.1 Å². The highest BCUT2D eigenvalue weighted by molar-refractivity contribution is 6.29. The van der Waals surface area contributed by atoms with E-state index in [-0.39, 0.29) is 0 Å². The molecule has 2 heterocycles. The van der Waals surface area contributed by atoms with Crippen LogP contribution in [0.5, 0.6) is 0 Å². The van der Waals surface area contributed by atoms with Crippen LogP contribution in [0.15, 0.2) is 18.2 Å². The summed E-state index contributed by atoms with van der Waals surface area (Å²) < 4.78 is 0. The van der Waals surface area contributed by atoms with E-state index in [9.17, 15) is 0 Å². The number of hydrogen-bond donors (Lipinski definition) is 2. The quantitative estimate of drug-likeness (QED) is 0.747. The minimum absolute atomic E-state index is 0.365. The van der Waals surface area contributed by atoms with Crippen molar-refractivity contribution in [3.8, 4) is 11.5 Å². The standard InChI is InChI=1S/C17H21ClN6/c1-10(12-7-8-12)20-17-23-15(13-3-2-4-14(18)21-13)22-16(24-17)19-9-11-5-6-11/h2-4,10-12H,5-9H2,1H3,(H2,19,20,22,23,24). The van der Waals surface area contributed by atoms with Crippen LogP contribution in [0.2, 0.25) is 5.15 Å². The summed E-state index contributed by atoms with van der Waals surface area (Å²) >= 11 is 6.01. The van der Waals surface area contributed by atoms with Crippen molar-refractivity contribution >= 4 is 23.5 Å². The SMILES string of the molecule is CC(Nc1nc(NCC2CC2)nc(-c2cccc(Cl)n2)n1)C1CC1. The third-order valence-corrected chi connectivity index (χ3v) is 4.72. The summed E-state index contributed by atoms with van der Waals surface area (Å²) in [7, 11) is 0. The summed E-state index contributed by atoms with van der Waals surface area (Å²) in [6.45, 7) is 3.08. The van der Waals surface area contributed by atoms with Gasteiger partial charge >= 0.3 is 0 Å². The van der Waals surface area contributed by atoms with Crippen LogP contribution in [0.25, 0.3) is 11.5 Å². The maximum absolute atomic E-state index is 6.01. The van der Waals surface area contributed by atoms with Crippen LogP contribution in [0.4, 0.5) is 11.9 Å². The van der Waals surface area contributed by atoms with E-state index < -0.39 is 0 Å². The number of rotatable bonds is 7. The summed E-state index contributed by atoms with van der Waals surface area (Å²) in [4.78, 5) is 17.9. The smallest absolute Gasteiger partial charge is 0.228 e. The summed E-state index contributed by atoms with van der Waals surface area (Å²) in [6.07, 6.45) is 5.11. The second-order valence-electron chi connectivity index (χ2n) is 6.75. The van der Waals surface area contributed by atoms with E-state index in [1.165, 1.54) is 25.7 Å². The van der Waals surface area contributed by atoms with E-state index in [0.29, 0.717) is 34.6 Å².